The van der Waals surface area contributed by atoms with Crippen LogP contribution in [0.4, 0.5) is 5.69 Å². The number of hydrogen-bond donors (Lipinski definition) is 0. The zero-order valence-corrected chi connectivity index (χ0v) is 24.6. The van der Waals surface area contributed by atoms with E-state index in [0.29, 0.717) is 5.56 Å². The van der Waals surface area contributed by atoms with Crippen LogP contribution in [0.25, 0.3) is 0 Å². The number of hydrogen-bond acceptors (Lipinski definition) is 7. The van der Waals surface area contributed by atoms with Crippen LogP contribution in [-0.2, 0) is 29.9 Å². The smallest absolute Gasteiger partial charge is 0.345 e. The summed E-state index contributed by atoms with van der Waals surface area (Å²) in [6.07, 6.45) is -1.33. The standard InChI is InChI=1S/C30H24Cl2N2O7S/c1-19-8-15-24(16-9-19)42(38,39)33-27(20-10-13-23(14-11-20)34(36)37)30(29(35)40-2,22-12-17-25(31)26(32)18-22)41-28(33)21-6-4-3-5-7-21/h3-18,27-28H,1-2H3/t27-,28-,30+/m1/s1. The highest BCUT2D eigenvalue weighted by molar-refractivity contribution is 7.89. The number of methoxy groups -OCH3 is 1. The number of ether oxygens (including phenoxy) is 2. The first kappa shape index (κ1) is 29.7. The highest BCUT2D eigenvalue weighted by Gasteiger charge is 2.64. The summed E-state index contributed by atoms with van der Waals surface area (Å²) in [5, 5.41) is 11.8. The van der Waals surface area contributed by atoms with E-state index in [1.165, 1.54) is 54.6 Å². The third-order valence-electron chi connectivity index (χ3n) is 7.11. The molecule has 42 heavy (non-hydrogen) atoms. The molecular formula is C30H24Cl2N2O7S. The van der Waals surface area contributed by atoms with Gasteiger partial charge in [-0.25, -0.2) is 13.2 Å². The van der Waals surface area contributed by atoms with Gasteiger partial charge in [0.05, 0.1) is 33.0 Å². The van der Waals surface area contributed by atoms with E-state index in [2.05, 4.69) is 0 Å². The van der Waals surface area contributed by atoms with Crippen molar-refractivity contribution in [3.05, 3.63) is 139 Å². The summed E-state index contributed by atoms with van der Waals surface area (Å²) in [4.78, 5) is 24.8. The molecule has 1 aliphatic heterocycles. The van der Waals surface area contributed by atoms with Crippen LogP contribution < -0.4 is 0 Å². The minimum absolute atomic E-state index is 0.0423. The first-order chi connectivity index (χ1) is 20.0. The molecule has 0 unspecified atom stereocenters. The molecule has 1 saturated heterocycles. The summed E-state index contributed by atoms with van der Waals surface area (Å²) in [6.45, 7) is 1.83. The second kappa shape index (κ2) is 11.5. The summed E-state index contributed by atoms with van der Waals surface area (Å²) in [5.74, 6) is -0.910. The Labute approximate surface area is 252 Å². The number of rotatable bonds is 7. The predicted octanol–water partition coefficient (Wildman–Crippen LogP) is 6.74. The highest BCUT2D eigenvalue weighted by atomic mass is 35.5. The Morgan fingerprint density at radius 3 is 2.14 bits per heavy atom. The molecule has 216 valence electrons. The number of esters is 1. The average Bonchev–Trinajstić information content (AvgIpc) is 3.37. The van der Waals surface area contributed by atoms with Crippen molar-refractivity contribution in [1.82, 2.24) is 4.31 Å². The summed E-state index contributed by atoms with van der Waals surface area (Å²) in [5.41, 5.74) is -0.634. The van der Waals surface area contributed by atoms with Gasteiger partial charge in [-0.05, 0) is 47.9 Å². The second-order valence-electron chi connectivity index (χ2n) is 9.64. The molecule has 4 aromatic rings. The van der Waals surface area contributed by atoms with Crippen LogP contribution in [0.5, 0.6) is 0 Å². The Morgan fingerprint density at radius 2 is 1.57 bits per heavy atom. The number of carbonyl (C=O) groups is 1. The van der Waals surface area contributed by atoms with Crippen LogP contribution in [0.1, 0.15) is 34.5 Å². The minimum atomic E-state index is -4.41. The number of benzene rings is 4. The van der Waals surface area contributed by atoms with E-state index in [9.17, 15) is 23.3 Å². The van der Waals surface area contributed by atoms with E-state index in [0.717, 1.165) is 17.0 Å². The molecule has 1 aliphatic rings. The van der Waals surface area contributed by atoms with Gasteiger partial charge in [0.1, 0.15) is 0 Å². The summed E-state index contributed by atoms with van der Waals surface area (Å²) < 4.78 is 42.1. The second-order valence-corrected chi connectivity index (χ2v) is 12.3. The number of carbonyl (C=O) groups excluding carboxylic acids is 1. The summed E-state index contributed by atoms with van der Waals surface area (Å²) in [7, 11) is -3.25. The predicted molar refractivity (Wildman–Crippen MR) is 156 cm³/mol. The SMILES string of the molecule is COC(=O)[C@@]1(c2ccc(Cl)c(Cl)c2)O[C@H](c2ccccc2)N(S(=O)(=O)c2ccc(C)cc2)[C@@H]1c1ccc([N+](=O)[O-])cc1. The van der Waals surface area contributed by atoms with Crippen molar-refractivity contribution in [3.8, 4) is 0 Å². The van der Waals surface area contributed by atoms with Gasteiger partial charge in [0.25, 0.3) is 5.69 Å². The molecule has 0 radical (unpaired) electrons. The molecule has 5 rings (SSSR count). The molecule has 3 atom stereocenters. The minimum Gasteiger partial charge on any atom is -0.467 e. The maximum atomic E-state index is 14.6. The average molecular weight is 628 g/mol. The molecule has 0 N–H and O–H groups in total. The molecular weight excluding hydrogens is 603 g/mol. The first-order valence-corrected chi connectivity index (χ1v) is 14.8. The maximum absolute atomic E-state index is 14.6. The fraction of sp³-hybridized carbons (Fsp3) is 0.167. The lowest BCUT2D eigenvalue weighted by atomic mass is 9.83. The normalized spacial score (nSPS) is 20.8. The third-order valence-corrected chi connectivity index (χ3v) is 9.67. The van der Waals surface area contributed by atoms with Crippen molar-refractivity contribution >= 4 is 44.9 Å². The molecule has 12 heteroatoms. The van der Waals surface area contributed by atoms with Gasteiger partial charge in [-0.3, -0.25) is 10.1 Å². The lowest BCUT2D eigenvalue weighted by molar-refractivity contribution is -0.384. The van der Waals surface area contributed by atoms with E-state index in [-0.39, 0.29) is 31.8 Å². The third kappa shape index (κ3) is 5.05. The fourth-order valence-electron chi connectivity index (χ4n) is 5.08. The van der Waals surface area contributed by atoms with Gasteiger partial charge in [-0.2, -0.15) is 4.31 Å². The Morgan fingerprint density at radius 1 is 0.929 bits per heavy atom. The number of aryl methyl sites for hydroxylation is 1. The van der Waals surface area contributed by atoms with E-state index in [4.69, 9.17) is 32.7 Å². The van der Waals surface area contributed by atoms with Crippen molar-refractivity contribution in [1.29, 1.82) is 0 Å². The lowest BCUT2D eigenvalue weighted by Gasteiger charge is -2.34. The van der Waals surface area contributed by atoms with Crippen molar-refractivity contribution in [2.24, 2.45) is 0 Å². The molecule has 0 bridgehead atoms. The lowest BCUT2D eigenvalue weighted by Crippen LogP contribution is -2.45. The van der Waals surface area contributed by atoms with Gasteiger partial charge in [0.2, 0.25) is 15.6 Å². The molecule has 9 nitrogen and oxygen atoms in total. The number of nitro groups is 1. The van der Waals surface area contributed by atoms with Crippen molar-refractivity contribution in [2.45, 2.75) is 29.7 Å². The Hall–Kier alpha value is -3.80. The van der Waals surface area contributed by atoms with Crippen LogP contribution in [0.2, 0.25) is 10.0 Å². The van der Waals surface area contributed by atoms with Crippen LogP contribution in [0.3, 0.4) is 0 Å². The van der Waals surface area contributed by atoms with Gasteiger partial charge in [0, 0.05) is 12.1 Å². The quantitative estimate of drug-likeness (QED) is 0.127. The number of nitrogens with zero attached hydrogens (tertiary/aromatic N) is 2. The molecule has 1 heterocycles. The van der Waals surface area contributed by atoms with E-state index < -0.39 is 38.8 Å². The number of sulfonamides is 1. The van der Waals surface area contributed by atoms with Gasteiger partial charge in [-0.15, -0.1) is 0 Å². The van der Waals surface area contributed by atoms with Crippen molar-refractivity contribution in [2.75, 3.05) is 7.11 Å². The highest BCUT2D eigenvalue weighted by Crippen LogP contribution is 2.57. The monoisotopic (exact) mass is 626 g/mol. The van der Waals surface area contributed by atoms with Gasteiger partial charge >= 0.3 is 5.97 Å². The molecule has 0 spiro atoms. The molecule has 0 aromatic heterocycles. The van der Waals surface area contributed by atoms with Crippen LogP contribution in [0, 0.1) is 17.0 Å². The molecule has 0 saturated carbocycles. The molecule has 1 fully saturated rings. The molecule has 0 amide bonds. The number of nitro benzene ring substituents is 1. The maximum Gasteiger partial charge on any atom is 0.345 e. The zero-order valence-electron chi connectivity index (χ0n) is 22.3. The van der Waals surface area contributed by atoms with Gasteiger partial charge in [0.15, 0.2) is 6.23 Å². The van der Waals surface area contributed by atoms with Gasteiger partial charge < -0.3 is 9.47 Å². The fourth-order valence-corrected chi connectivity index (χ4v) is 7.06. The van der Waals surface area contributed by atoms with E-state index >= 15 is 0 Å². The van der Waals surface area contributed by atoms with Crippen LogP contribution >= 0.6 is 23.2 Å². The van der Waals surface area contributed by atoms with Crippen LogP contribution in [0.15, 0.2) is 102 Å². The zero-order chi connectivity index (χ0) is 30.2. The largest absolute Gasteiger partial charge is 0.467 e. The number of non-ortho nitro benzene ring substituents is 1. The van der Waals surface area contributed by atoms with Crippen LogP contribution in [-0.4, -0.2) is 30.7 Å². The Balaban J connectivity index is 1.87. The van der Waals surface area contributed by atoms with Crippen molar-refractivity contribution < 1.29 is 27.6 Å². The van der Waals surface area contributed by atoms with Crippen molar-refractivity contribution in [3.63, 3.8) is 0 Å². The summed E-state index contributed by atoms with van der Waals surface area (Å²) in [6, 6.07) is 23.1. The van der Waals surface area contributed by atoms with E-state index in [1.807, 2.05) is 6.92 Å². The topological polar surface area (TPSA) is 116 Å². The first-order valence-electron chi connectivity index (χ1n) is 12.6. The Bertz CT molecular complexity index is 1750. The summed E-state index contributed by atoms with van der Waals surface area (Å²) >= 11 is 12.6. The Kier molecular flexibility index (Phi) is 8.10. The number of halogens is 2. The molecule has 0 aliphatic carbocycles. The van der Waals surface area contributed by atoms with E-state index in [1.54, 1.807) is 42.5 Å². The van der Waals surface area contributed by atoms with Gasteiger partial charge in [-0.1, -0.05) is 89.4 Å². The molecule has 4 aromatic carbocycles.